The second-order valence-corrected chi connectivity index (χ2v) is 12.2. The van der Waals surface area contributed by atoms with E-state index in [-0.39, 0.29) is 16.2 Å². The fraction of sp³-hybridized carbons (Fsp3) is 0.500. The topological polar surface area (TPSA) is 79.0 Å². The van der Waals surface area contributed by atoms with Crippen LogP contribution >= 0.6 is 0 Å². The lowest BCUT2D eigenvalue weighted by atomic mass is 9.91. The van der Waals surface area contributed by atoms with Gasteiger partial charge >= 0.3 is 0 Å². The van der Waals surface area contributed by atoms with Crippen LogP contribution in [0.3, 0.4) is 0 Å². The van der Waals surface area contributed by atoms with Gasteiger partial charge in [0.2, 0.25) is 5.91 Å². The fourth-order valence-electron chi connectivity index (χ4n) is 3.82. The molecule has 1 amide bonds. The third-order valence-corrected chi connectivity index (χ3v) is 7.15. The number of nitrogens with one attached hydrogen (secondary N) is 1. The van der Waals surface area contributed by atoms with Gasteiger partial charge in [0.05, 0.1) is 12.0 Å². The standard InChI is InChI=1S/C26H37N3O4S/c1-26(2,3)16-25(30)29(17-19-7-8-19)18-20-15-21(9-14-24(20)28(4)5)27-34(31,32)23-12-10-22(33-6)11-13-23/h9-15,19,27H,7-8,16-18H2,1-6H3. The third-order valence-electron chi connectivity index (χ3n) is 5.75. The molecule has 0 radical (unpaired) electrons. The summed E-state index contributed by atoms with van der Waals surface area (Å²) in [5, 5.41) is 0. The number of carbonyl (C=O) groups is 1. The molecule has 34 heavy (non-hydrogen) atoms. The van der Waals surface area contributed by atoms with Crippen LogP contribution in [0.2, 0.25) is 0 Å². The average Bonchev–Trinajstić information content (AvgIpc) is 3.56. The highest BCUT2D eigenvalue weighted by Crippen LogP contribution is 2.33. The van der Waals surface area contributed by atoms with Crippen LogP contribution in [0.4, 0.5) is 11.4 Å². The van der Waals surface area contributed by atoms with Crippen molar-refractivity contribution in [2.24, 2.45) is 11.3 Å². The fourth-order valence-corrected chi connectivity index (χ4v) is 4.87. The summed E-state index contributed by atoms with van der Waals surface area (Å²) < 4.78 is 33.7. The highest BCUT2D eigenvalue weighted by atomic mass is 32.2. The zero-order chi connectivity index (χ0) is 25.1. The molecule has 0 aromatic heterocycles. The molecular weight excluding hydrogens is 450 g/mol. The second kappa shape index (κ2) is 10.3. The molecular formula is C26H37N3O4S. The van der Waals surface area contributed by atoms with E-state index in [2.05, 4.69) is 25.5 Å². The Morgan fingerprint density at radius 2 is 1.74 bits per heavy atom. The summed E-state index contributed by atoms with van der Waals surface area (Å²) in [6.07, 6.45) is 2.78. The van der Waals surface area contributed by atoms with Crippen molar-refractivity contribution in [1.29, 1.82) is 0 Å². The van der Waals surface area contributed by atoms with Gasteiger partial charge in [-0.05, 0) is 72.2 Å². The summed E-state index contributed by atoms with van der Waals surface area (Å²) in [7, 11) is 1.66. The van der Waals surface area contributed by atoms with Crippen molar-refractivity contribution in [2.45, 2.75) is 51.5 Å². The molecule has 1 N–H and O–H groups in total. The van der Waals surface area contributed by atoms with E-state index < -0.39 is 10.0 Å². The van der Waals surface area contributed by atoms with Crippen LogP contribution in [0.1, 0.15) is 45.6 Å². The number of benzene rings is 2. The highest BCUT2D eigenvalue weighted by Gasteiger charge is 2.29. The van der Waals surface area contributed by atoms with Gasteiger partial charge in [-0.2, -0.15) is 0 Å². The molecule has 0 heterocycles. The van der Waals surface area contributed by atoms with E-state index >= 15 is 0 Å². The molecule has 2 aromatic carbocycles. The van der Waals surface area contributed by atoms with E-state index in [9.17, 15) is 13.2 Å². The largest absolute Gasteiger partial charge is 0.497 e. The molecule has 2 aromatic rings. The molecule has 8 heteroatoms. The Morgan fingerprint density at radius 1 is 1.09 bits per heavy atom. The zero-order valence-corrected chi connectivity index (χ0v) is 21.9. The molecule has 1 saturated carbocycles. The van der Waals surface area contributed by atoms with E-state index in [4.69, 9.17) is 4.74 Å². The molecule has 0 unspecified atom stereocenters. The number of methoxy groups -OCH3 is 1. The van der Waals surface area contributed by atoms with Crippen molar-refractivity contribution in [3.05, 3.63) is 48.0 Å². The van der Waals surface area contributed by atoms with Crippen LogP contribution in [-0.4, -0.2) is 47.0 Å². The molecule has 1 aliphatic carbocycles. The molecule has 0 aliphatic heterocycles. The summed E-state index contributed by atoms with van der Waals surface area (Å²) >= 11 is 0. The number of rotatable bonds is 10. The summed E-state index contributed by atoms with van der Waals surface area (Å²) in [5.41, 5.74) is 2.23. The molecule has 3 rings (SSSR count). The molecule has 0 bridgehead atoms. The Hall–Kier alpha value is -2.74. The predicted molar refractivity (Wildman–Crippen MR) is 137 cm³/mol. The summed E-state index contributed by atoms with van der Waals surface area (Å²) in [4.78, 5) is 17.2. The number of ether oxygens (including phenoxy) is 1. The minimum absolute atomic E-state index is 0.0981. The molecule has 7 nitrogen and oxygen atoms in total. The Bertz CT molecular complexity index is 1100. The van der Waals surface area contributed by atoms with Gasteiger partial charge in [0.25, 0.3) is 10.0 Å². The van der Waals surface area contributed by atoms with Crippen molar-refractivity contribution in [3.8, 4) is 5.75 Å². The van der Waals surface area contributed by atoms with Crippen LogP contribution in [0.15, 0.2) is 47.4 Å². The SMILES string of the molecule is COc1ccc(S(=O)(=O)Nc2ccc(N(C)C)c(CN(CC3CC3)C(=O)CC(C)(C)C)c2)cc1. The van der Waals surface area contributed by atoms with Gasteiger partial charge in [-0.1, -0.05) is 20.8 Å². The van der Waals surface area contributed by atoms with Crippen molar-refractivity contribution >= 4 is 27.3 Å². The second-order valence-electron chi connectivity index (χ2n) is 10.5. The first-order valence-electron chi connectivity index (χ1n) is 11.6. The molecule has 186 valence electrons. The summed E-state index contributed by atoms with van der Waals surface area (Å²) in [6.45, 7) is 7.39. The Labute approximate surface area is 204 Å². The average molecular weight is 488 g/mol. The zero-order valence-electron chi connectivity index (χ0n) is 21.1. The summed E-state index contributed by atoms with van der Waals surface area (Å²) in [6, 6.07) is 11.7. The van der Waals surface area contributed by atoms with Crippen molar-refractivity contribution in [3.63, 3.8) is 0 Å². The van der Waals surface area contributed by atoms with Gasteiger partial charge in [-0.15, -0.1) is 0 Å². The maximum absolute atomic E-state index is 13.1. The lowest BCUT2D eigenvalue weighted by Crippen LogP contribution is -2.35. The predicted octanol–water partition coefficient (Wildman–Crippen LogP) is 4.74. The Kier molecular flexibility index (Phi) is 7.81. The smallest absolute Gasteiger partial charge is 0.261 e. The van der Waals surface area contributed by atoms with E-state index in [0.29, 0.717) is 30.3 Å². The lowest BCUT2D eigenvalue weighted by molar-refractivity contribution is -0.134. The van der Waals surface area contributed by atoms with E-state index in [1.165, 1.54) is 19.2 Å². The molecule has 1 fully saturated rings. The van der Waals surface area contributed by atoms with Crippen LogP contribution < -0.4 is 14.4 Å². The highest BCUT2D eigenvalue weighted by molar-refractivity contribution is 7.92. The number of anilines is 2. The van der Waals surface area contributed by atoms with Crippen LogP contribution in [-0.2, 0) is 21.4 Å². The maximum atomic E-state index is 13.1. The van der Waals surface area contributed by atoms with Gasteiger partial charge in [0.1, 0.15) is 5.75 Å². The first-order valence-corrected chi connectivity index (χ1v) is 13.1. The minimum Gasteiger partial charge on any atom is -0.497 e. The number of hydrogen-bond acceptors (Lipinski definition) is 5. The lowest BCUT2D eigenvalue weighted by Gasteiger charge is -2.29. The molecule has 1 aliphatic rings. The first-order chi connectivity index (χ1) is 15.9. The number of hydrogen-bond donors (Lipinski definition) is 1. The number of carbonyl (C=O) groups excluding carboxylic acids is 1. The van der Waals surface area contributed by atoms with Crippen LogP contribution in [0.5, 0.6) is 5.75 Å². The molecule has 0 atom stereocenters. The van der Waals surface area contributed by atoms with Gasteiger partial charge in [-0.3, -0.25) is 9.52 Å². The van der Waals surface area contributed by atoms with Crippen LogP contribution in [0.25, 0.3) is 0 Å². The van der Waals surface area contributed by atoms with Gasteiger partial charge in [-0.25, -0.2) is 8.42 Å². The van der Waals surface area contributed by atoms with Gasteiger partial charge in [0.15, 0.2) is 0 Å². The molecule has 0 saturated heterocycles. The van der Waals surface area contributed by atoms with Crippen molar-refractivity contribution in [1.82, 2.24) is 4.90 Å². The van der Waals surface area contributed by atoms with Gasteiger partial charge < -0.3 is 14.5 Å². The van der Waals surface area contributed by atoms with Crippen LogP contribution in [0, 0.1) is 11.3 Å². The van der Waals surface area contributed by atoms with Gasteiger partial charge in [0, 0.05) is 45.0 Å². The normalized spacial score (nSPS) is 13.9. The Balaban J connectivity index is 1.87. The monoisotopic (exact) mass is 487 g/mol. The number of nitrogens with zero attached hydrogens (tertiary/aromatic N) is 2. The quantitative estimate of drug-likeness (QED) is 0.524. The van der Waals surface area contributed by atoms with E-state index in [1.54, 1.807) is 18.2 Å². The van der Waals surface area contributed by atoms with E-state index in [0.717, 1.165) is 30.6 Å². The number of sulfonamides is 1. The Morgan fingerprint density at radius 3 is 2.26 bits per heavy atom. The first kappa shape index (κ1) is 25.9. The van der Waals surface area contributed by atoms with Crippen molar-refractivity contribution < 1.29 is 17.9 Å². The molecule has 0 spiro atoms. The number of amides is 1. The van der Waals surface area contributed by atoms with Crippen molar-refractivity contribution in [2.75, 3.05) is 37.4 Å². The maximum Gasteiger partial charge on any atom is 0.261 e. The third kappa shape index (κ3) is 7.13. The van der Waals surface area contributed by atoms with E-state index in [1.807, 2.05) is 36.0 Å². The summed E-state index contributed by atoms with van der Waals surface area (Å²) in [5.74, 6) is 1.28. The minimum atomic E-state index is -3.77.